The van der Waals surface area contributed by atoms with E-state index in [4.69, 9.17) is 42.3 Å². The van der Waals surface area contributed by atoms with Crippen LogP contribution in [0.3, 0.4) is 0 Å². The maximum absolute atomic E-state index is 14.4. The number of halogens is 2. The normalized spacial score (nSPS) is 16.2. The third-order valence-electron chi connectivity index (χ3n) is 8.44. The number of fused-ring (bicyclic) bond motifs is 1. The highest BCUT2D eigenvalue weighted by atomic mass is 35.5. The van der Waals surface area contributed by atoms with Crippen LogP contribution in [0, 0.1) is 5.92 Å². The number of ether oxygens (including phenoxy) is 3. The number of para-hydroxylation sites is 2. The summed E-state index contributed by atoms with van der Waals surface area (Å²) in [6, 6.07) is 21.6. The van der Waals surface area contributed by atoms with Gasteiger partial charge in [0.1, 0.15) is 29.7 Å². The summed E-state index contributed by atoms with van der Waals surface area (Å²) in [5.41, 5.74) is 0.931. The number of ketones is 1. The Hall–Kier alpha value is -5.50. The van der Waals surface area contributed by atoms with Crippen LogP contribution in [0.4, 0.5) is 0 Å². The average Bonchev–Trinajstić information content (AvgIpc) is 3.59. The Morgan fingerprint density at radius 3 is 2.23 bits per heavy atom. The van der Waals surface area contributed by atoms with Gasteiger partial charge in [0.05, 0.1) is 39.3 Å². The first-order valence-electron chi connectivity index (χ1n) is 17.7. The summed E-state index contributed by atoms with van der Waals surface area (Å²) in [5.74, 6) is -3.80. The molecule has 3 atom stereocenters. The molecule has 2 amide bonds. The Morgan fingerprint density at radius 1 is 0.875 bits per heavy atom. The number of carbonyl (C=O) groups is 5. The number of Topliss-reactive ketones (excluding diaryl/α,β-unsaturated/α-hetero) is 1. The first kappa shape index (κ1) is 41.7. The third-order valence-corrected chi connectivity index (χ3v) is 9.07. The highest BCUT2D eigenvalue weighted by Crippen LogP contribution is 2.28. The molecule has 0 radical (unpaired) electrons. The Labute approximate surface area is 334 Å². The van der Waals surface area contributed by atoms with Gasteiger partial charge in [-0.15, -0.1) is 0 Å². The van der Waals surface area contributed by atoms with Gasteiger partial charge < -0.3 is 24.8 Å². The molecule has 1 aliphatic heterocycles. The SMILES string of the molecule is CC(C)[C@H](NC(=O)c1ccc2ccccc2n1)C1=CC(COc2ccccc2)(C(=O)N[C@@H](CC(=O)OC(C)(C)C)C(=O)COC(=O)c2c(Cl)cccc2Cl)ON1. The molecule has 294 valence electrons. The van der Waals surface area contributed by atoms with Crippen LogP contribution in [0.25, 0.3) is 10.9 Å². The van der Waals surface area contributed by atoms with Gasteiger partial charge in [-0.25, -0.2) is 9.78 Å². The first-order valence-corrected chi connectivity index (χ1v) is 18.5. The van der Waals surface area contributed by atoms with Crippen LogP contribution >= 0.6 is 23.2 Å². The van der Waals surface area contributed by atoms with Crippen molar-refractivity contribution in [3.05, 3.63) is 118 Å². The molecule has 1 aromatic heterocycles. The van der Waals surface area contributed by atoms with Gasteiger partial charge in [0.25, 0.3) is 11.8 Å². The molecule has 0 bridgehead atoms. The Morgan fingerprint density at radius 2 is 1.55 bits per heavy atom. The van der Waals surface area contributed by atoms with Crippen LogP contribution in [0.2, 0.25) is 10.0 Å². The van der Waals surface area contributed by atoms with Gasteiger partial charge in [-0.3, -0.25) is 29.5 Å². The second-order valence-electron chi connectivity index (χ2n) is 14.3. The summed E-state index contributed by atoms with van der Waals surface area (Å²) in [4.78, 5) is 78.0. The van der Waals surface area contributed by atoms with Gasteiger partial charge in [-0.05, 0) is 69.2 Å². The fraction of sp³-hybridized carbons (Fsp3) is 0.317. The zero-order valence-corrected chi connectivity index (χ0v) is 32.9. The molecule has 0 aliphatic carbocycles. The quantitative estimate of drug-likeness (QED) is 0.117. The molecule has 1 unspecified atom stereocenters. The molecule has 15 heteroatoms. The number of rotatable bonds is 15. The van der Waals surface area contributed by atoms with E-state index in [1.807, 2.05) is 32.0 Å². The number of esters is 2. The Balaban J connectivity index is 1.42. The lowest BCUT2D eigenvalue weighted by atomic mass is 9.95. The number of benzene rings is 3. The predicted molar refractivity (Wildman–Crippen MR) is 209 cm³/mol. The number of hydroxylamine groups is 1. The molecular weight excluding hydrogens is 763 g/mol. The van der Waals surface area contributed by atoms with Gasteiger partial charge in [-0.1, -0.05) is 85.6 Å². The van der Waals surface area contributed by atoms with Gasteiger partial charge in [0, 0.05) is 5.39 Å². The van der Waals surface area contributed by atoms with E-state index in [0.29, 0.717) is 17.0 Å². The maximum atomic E-state index is 14.4. The second-order valence-corrected chi connectivity index (χ2v) is 15.1. The number of nitrogens with zero attached hydrogens (tertiary/aromatic N) is 1. The van der Waals surface area contributed by atoms with Crippen molar-refractivity contribution < 1.29 is 43.0 Å². The molecule has 5 rings (SSSR count). The molecule has 1 aliphatic rings. The van der Waals surface area contributed by atoms with E-state index in [1.54, 1.807) is 69.3 Å². The second kappa shape index (κ2) is 18.0. The topological polar surface area (TPSA) is 171 Å². The molecule has 4 aromatic rings. The molecule has 0 fully saturated rings. The largest absolute Gasteiger partial charge is 0.490 e. The molecule has 3 N–H and O–H groups in total. The molecule has 3 aromatic carbocycles. The standard InChI is InChI=1S/C41H42Cl2N4O9/c1-24(2)36(46-37(50)30-19-18-25-12-9-10-17-29(25)44-30)32-21-41(56-47-32,23-54-26-13-7-6-8-14-26)39(52)45-31(20-34(49)55-40(3,4)5)33(48)22-53-38(51)35-27(42)15-11-16-28(35)43/h6-19,21,24,31,36,47H,20,22-23H2,1-5H3,(H,45,52)(H,46,50)/t31-,36-,41?/m0/s1. The molecule has 13 nitrogen and oxygen atoms in total. The van der Waals surface area contributed by atoms with Crippen LogP contribution in [0.5, 0.6) is 5.75 Å². The van der Waals surface area contributed by atoms with Crippen LogP contribution in [0.15, 0.2) is 96.7 Å². The van der Waals surface area contributed by atoms with Crippen molar-refractivity contribution in [2.75, 3.05) is 13.2 Å². The van der Waals surface area contributed by atoms with E-state index in [1.165, 1.54) is 24.3 Å². The molecule has 2 heterocycles. The summed E-state index contributed by atoms with van der Waals surface area (Å²) >= 11 is 12.3. The van der Waals surface area contributed by atoms with E-state index in [0.717, 1.165) is 5.39 Å². The van der Waals surface area contributed by atoms with Crippen LogP contribution < -0.4 is 20.9 Å². The maximum Gasteiger partial charge on any atom is 0.341 e. The number of amides is 2. The number of nitrogens with one attached hydrogen (secondary N) is 3. The molecule has 0 spiro atoms. The van der Waals surface area contributed by atoms with Crippen LogP contribution in [-0.2, 0) is 28.7 Å². The Bertz CT molecular complexity index is 2120. The molecule has 56 heavy (non-hydrogen) atoms. The molecule has 0 saturated heterocycles. The highest BCUT2D eigenvalue weighted by molar-refractivity contribution is 6.39. The van der Waals surface area contributed by atoms with Crippen molar-refractivity contribution in [1.82, 2.24) is 21.1 Å². The summed E-state index contributed by atoms with van der Waals surface area (Å²) in [6.07, 6.45) is 0.841. The highest BCUT2D eigenvalue weighted by Gasteiger charge is 2.47. The minimum absolute atomic E-state index is 0.00630. The fourth-order valence-electron chi connectivity index (χ4n) is 5.66. The fourth-order valence-corrected chi connectivity index (χ4v) is 6.21. The summed E-state index contributed by atoms with van der Waals surface area (Å²) in [6.45, 7) is 7.42. The molecule has 0 saturated carbocycles. The van der Waals surface area contributed by atoms with Gasteiger partial charge in [-0.2, -0.15) is 0 Å². The van der Waals surface area contributed by atoms with E-state index in [2.05, 4.69) is 21.1 Å². The van der Waals surface area contributed by atoms with E-state index < -0.39 is 72.5 Å². The zero-order chi connectivity index (χ0) is 40.6. The lowest BCUT2D eigenvalue weighted by Crippen LogP contribution is -2.56. The smallest absolute Gasteiger partial charge is 0.341 e. The van der Waals surface area contributed by atoms with Gasteiger partial charge >= 0.3 is 11.9 Å². The van der Waals surface area contributed by atoms with Crippen molar-refractivity contribution in [2.45, 2.75) is 64.3 Å². The monoisotopic (exact) mass is 804 g/mol. The number of pyridine rings is 1. The molecular formula is C41H42Cl2N4O9. The van der Waals surface area contributed by atoms with E-state index >= 15 is 0 Å². The Kier molecular flexibility index (Phi) is 13.4. The average molecular weight is 806 g/mol. The zero-order valence-electron chi connectivity index (χ0n) is 31.4. The van der Waals surface area contributed by atoms with E-state index in [9.17, 15) is 24.0 Å². The number of hydrogen-bond acceptors (Lipinski definition) is 11. The summed E-state index contributed by atoms with van der Waals surface area (Å²) in [5, 5.41) is 6.46. The van der Waals surface area contributed by atoms with Crippen LogP contribution in [-0.4, -0.2) is 71.0 Å². The van der Waals surface area contributed by atoms with Crippen LogP contribution in [0.1, 0.15) is 61.9 Å². The first-order chi connectivity index (χ1) is 26.5. The van der Waals surface area contributed by atoms with Gasteiger partial charge in [0.15, 0.2) is 12.4 Å². The lowest BCUT2D eigenvalue weighted by Gasteiger charge is -2.27. The van der Waals surface area contributed by atoms with Crippen molar-refractivity contribution in [2.24, 2.45) is 5.92 Å². The predicted octanol–water partition coefficient (Wildman–Crippen LogP) is 6.18. The van der Waals surface area contributed by atoms with Crippen molar-refractivity contribution in [3.8, 4) is 5.75 Å². The van der Waals surface area contributed by atoms with Gasteiger partial charge in [0.2, 0.25) is 5.60 Å². The number of aromatic nitrogens is 1. The minimum atomic E-state index is -1.95. The number of hydrogen-bond donors (Lipinski definition) is 3. The lowest BCUT2D eigenvalue weighted by molar-refractivity contribution is -0.158. The van der Waals surface area contributed by atoms with Crippen molar-refractivity contribution >= 4 is 63.6 Å². The van der Waals surface area contributed by atoms with E-state index in [-0.39, 0.29) is 27.2 Å². The third kappa shape index (κ3) is 10.6. The number of carbonyl (C=O) groups excluding carboxylic acids is 5. The summed E-state index contributed by atoms with van der Waals surface area (Å²) in [7, 11) is 0. The minimum Gasteiger partial charge on any atom is -0.490 e. The van der Waals surface area contributed by atoms with Crippen molar-refractivity contribution in [3.63, 3.8) is 0 Å². The van der Waals surface area contributed by atoms with Crippen molar-refractivity contribution in [1.29, 1.82) is 0 Å². The summed E-state index contributed by atoms with van der Waals surface area (Å²) < 4.78 is 16.7.